The molecule has 1 saturated carbocycles. The Kier molecular flexibility index (Phi) is 4.62. The minimum Gasteiger partial charge on any atom is -0.478 e. The zero-order valence-electron chi connectivity index (χ0n) is 17.6. The summed E-state index contributed by atoms with van der Waals surface area (Å²) in [5.74, 6) is -3.05. The molecule has 0 unspecified atom stereocenters. The molecule has 0 radical (unpaired) electrons. The van der Waals surface area contributed by atoms with Crippen LogP contribution >= 0.6 is 0 Å². The van der Waals surface area contributed by atoms with Crippen molar-refractivity contribution >= 4 is 17.0 Å². The first-order chi connectivity index (χ1) is 15.2. The van der Waals surface area contributed by atoms with E-state index in [9.17, 15) is 18.7 Å². The highest BCUT2D eigenvalue weighted by Gasteiger charge is 2.45. The van der Waals surface area contributed by atoms with Crippen LogP contribution in [0, 0.1) is 19.8 Å². The predicted octanol–water partition coefficient (Wildman–Crippen LogP) is 5.72. The molecule has 5 rings (SSSR count). The van der Waals surface area contributed by atoms with Gasteiger partial charge in [-0.3, -0.25) is 0 Å². The number of carboxylic acid groups (broad SMARTS) is 1. The second kappa shape index (κ2) is 7.25. The summed E-state index contributed by atoms with van der Waals surface area (Å²) in [5, 5.41) is 14.2. The molecule has 0 aliphatic heterocycles. The van der Waals surface area contributed by atoms with E-state index in [1.807, 2.05) is 36.7 Å². The van der Waals surface area contributed by atoms with Gasteiger partial charge in [0.15, 0.2) is 0 Å². The monoisotopic (exact) mass is 437 g/mol. The third-order valence-corrected chi connectivity index (χ3v) is 6.09. The van der Waals surface area contributed by atoms with E-state index in [2.05, 4.69) is 10.1 Å². The number of alkyl halides is 2. The Morgan fingerprint density at radius 2 is 2.03 bits per heavy atom. The van der Waals surface area contributed by atoms with Crippen LogP contribution in [0.15, 0.2) is 47.2 Å². The van der Waals surface area contributed by atoms with Gasteiger partial charge in [0.2, 0.25) is 5.92 Å². The van der Waals surface area contributed by atoms with Gasteiger partial charge < -0.3 is 14.2 Å². The highest BCUT2D eigenvalue weighted by atomic mass is 19.3. The van der Waals surface area contributed by atoms with Gasteiger partial charge in [0, 0.05) is 53.9 Å². The van der Waals surface area contributed by atoms with E-state index in [0.717, 1.165) is 33.3 Å². The zero-order chi connectivity index (χ0) is 22.6. The Morgan fingerprint density at radius 3 is 2.69 bits per heavy atom. The molecule has 0 saturated heterocycles. The van der Waals surface area contributed by atoms with Crippen molar-refractivity contribution in [2.24, 2.45) is 5.92 Å². The second-order valence-electron chi connectivity index (χ2n) is 8.51. The lowest BCUT2D eigenvalue weighted by Crippen LogP contribution is -2.37. The lowest BCUT2D eigenvalue weighted by molar-refractivity contribution is -0.113. The van der Waals surface area contributed by atoms with Crippen molar-refractivity contribution in [2.75, 3.05) is 0 Å². The number of aromatic nitrogens is 3. The molecule has 1 fully saturated rings. The molecule has 0 spiro atoms. The minimum atomic E-state index is -2.59. The average Bonchev–Trinajstić information content (AvgIpc) is 3.26. The van der Waals surface area contributed by atoms with Crippen molar-refractivity contribution in [1.29, 1.82) is 0 Å². The van der Waals surface area contributed by atoms with E-state index >= 15 is 0 Å². The highest BCUT2D eigenvalue weighted by molar-refractivity contribution is 5.98. The Balaban J connectivity index is 1.66. The number of benzene rings is 1. The Morgan fingerprint density at radius 1 is 1.25 bits per heavy atom. The van der Waals surface area contributed by atoms with Gasteiger partial charge in [0.05, 0.1) is 11.3 Å². The Bertz CT molecular complexity index is 1330. The number of carboxylic acids is 1. The van der Waals surface area contributed by atoms with E-state index in [4.69, 9.17) is 4.52 Å². The molecule has 0 atom stereocenters. The fraction of sp³-hybridized carbons (Fsp3) is 0.292. The summed E-state index contributed by atoms with van der Waals surface area (Å²) < 4.78 is 34.0. The number of fused-ring (bicyclic) bond motifs is 1. The zero-order valence-corrected chi connectivity index (χ0v) is 17.6. The van der Waals surface area contributed by atoms with Crippen LogP contribution in [0.2, 0.25) is 0 Å². The second-order valence-corrected chi connectivity index (χ2v) is 8.51. The van der Waals surface area contributed by atoms with Gasteiger partial charge in [-0.25, -0.2) is 18.6 Å². The van der Waals surface area contributed by atoms with Crippen LogP contribution in [0.1, 0.15) is 34.7 Å². The van der Waals surface area contributed by atoms with Crippen LogP contribution in [-0.2, 0) is 6.54 Å². The van der Waals surface area contributed by atoms with Gasteiger partial charge in [0.25, 0.3) is 0 Å². The number of aromatic carboxylic acids is 1. The van der Waals surface area contributed by atoms with Crippen molar-refractivity contribution in [3.8, 4) is 22.3 Å². The lowest BCUT2D eigenvalue weighted by Gasteiger charge is -2.35. The van der Waals surface area contributed by atoms with Crippen LogP contribution in [-0.4, -0.2) is 31.7 Å². The molecule has 164 valence electrons. The summed E-state index contributed by atoms with van der Waals surface area (Å²) in [6, 6.07) is 8.66. The van der Waals surface area contributed by atoms with Crippen LogP contribution in [0.3, 0.4) is 0 Å². The number of carbonyl (C=O) groups is 1. The molecule has 3 aromatic heterocycles. The number of pyridine rings is 1. The largest absolute Gasteiger partial charge is 0.478 e. The third-order valence-electron chi connectivity index (χ3n) is 6.09. The maximum atomic E-state index is 13.4. The topological polar surface area (TPSA) is 81.2 Å². The first-order valence-corrected chi connectivity index (χ1v) is 10.4. The van der Waals surface area contributed by atoms with Crippen molar-refractivity contribution in [3.05, 3.63) is 59.7 Å². The molecule has 0 amide bonds. The van der Waals surface area contributed by atoms with Crippen molar-refractivity contribution in [1.82, 2.24) is 14.7 Å². The first-order valence-electron chi connectivity index (χ1n) is 10.4. The molecule has 32 heavy (non-hydrogen) atoms. The summed E-state index contributed by atoms with van der Waals surface area (Å²) in [5.41, 5.74) is 4.81. The number of aryl methyl sites for hydroxylation is 2. The van der Waals surface area contributed by atoms with Gasteiger partial charge in [-0.15, -0.1) is 0 Å². The molecule has 1 aliphatic carbocycles. The molecule has 4 aromatic rings. The Labute approximate surface area is 182 Å². The fourth-order valence-corrected chi connectivity index (χ4v) is 4.58. The molecule has 6 nitrogen and oxygen atoms in total. The molecule has 1 aromatic carbocycles. The number of hydrogen-bond acceptors (Lipinski definition) is 4. The number of halogens is 2. The SMILES string of the molecule is Cc1noc(C)c1-c1cnc2c(c1)c(-c1cccc(C(=O)O)c1)cn2CC1CC(F)(F)C1. The maximum Gasteiger partial charge on any atom is 0.335 e. The van der Waals surface area contributed by atoms with E-state index in [0.29, 0.717) is 18.0 Å². The summed E-state index contributed by atoms with van der Waals surface area (Å²) in [4.78, 5) is 16.1. The minimum absolute atomic E-state index is 0.122. The molecular formula is C24H21F2N3O3. The molecule has 8 heteroatoms. The number of hydrogen-bond donors (Lipinski definition) is 1. The normalized spacial score (nSPS) is 15.8. The molecule has 0 bridgehead atoms. The van der Waals surface area contributed by atoms with E-state index in [1.54, 1.807) is 18.3 Å². The van der Waals surface area contributed by atoms with Crippen LogP contribution in [0.4, 0.5) is 8.78 Å². The Hall–Kier alpha value is -3.55. The fourth-order valence-electron chi connectivity index (χ4n) is 4.58. The lowest BCUT2D eigenvalue weighted by atomic mass is 9.81. The standard InChI is InChI=1S/C24H21F2N3O3/c1-13-21(14(2)32-28-13)18-7-19-20(16-4-3-5-17(6-16)23(30)31)12-29(22(19)27-10-18)11-15-8-24(25,26)9-15/h3-7,10,12,15H,8-9,11H2,1-2H3,(H,30,31). The van der Waals surface area contributed by atoms with Crippen molar-refractivity contribution < 1.29 is 23.2 Å². The number of rotatable bonds is 5. The quantitative estimate of drug-likeness (QED) is 0.432. The van der Waals surface area contributed by atoms with Gasteiger partial charge in [-0.2, -0.15) is 0 Å². The molecule has 1 aliphatic rings. The third kappa shape index (κ3) is 3.45. The molecule has 3 heterocycles. The van der Waals surface area contributed by atoms with Crippen LogP contribution in [0.25, 0.3) is 33.3 Å². The van der Waals surface area contributed by atoms with E-state index < -0.39 is 11.9 Å². The summed E-state index contributed by atoms with van der Waals surface area (Å²) in [6.45, 7) is 4.12. The molecular weight excluding hydrogens is 416 g/mol. The van der Waals surface area contributed by atoms with Gasteiger partial charge in [-0.05, 0) is 43.5 Å². The summed E-state index contributed by atoms with van der Waals surface area (Å²) in [7, 11) is 0. The average molecular weight is 437 g/mol. The van der Waals surface area contributed by atoms with E-state index in [1.165, 1.54) is 6.07 Å². The predicted molar refractivity (Wildman–Crippen MR) is 115 cm³/mol. The first kappa shape index (κ1) is 20.4. The van der Waals surface area contributed by atoms with E-state index in [-0.39, 0.29) is 24.3 Å². The highest BCUT2D eigenvalue weighted by Crippen LogP contribution is 2.44. The summed E-state index contributed by atoms with van der Waals surface area (Å²) >= 11 is 0. The van der Waals surface area contributed by atoms with Gasteiger partial charge >= 0.3 is 5.97 Å². The molecule has 1 N–H and O–H groups in total. The van der Waals surface area contributed by atoms with Gasteiger partial charge in [-0.1, -0.05) is 17.3 Å². The van der Waals surface area contributed by atoms with Crippen molar-refractivity contribution in [2.45, 2.75) is 39.2 Å². The maximum absolute atomic E-state index is 13.4. The smallest absolute Gasteiger partial charge is 0.335 e. The van der Waals surface area contributed by atoms with Crippen LogP contribution < -0.4 is 0 Å². The van der Waals surface area contributed by atoms with Gasteiger partial charge in [0.1, 0.15) is 11.4 Å². The number of nitrogens with zero attached hydrogens (tertiary/aromatic N) is 3. The van der Waals surface area contributed by atoms with Crippen molar-refractivity contribution in [3.63, 3.8) is 0 Å². The summed E-state index contributed by atoms with van der Waals surface area (Å²) in [6.07, 6.45) is 3.35. The van der Waals surface area contributed by atoms with Crippen LogP contribution in [0.5, 0.6) is 0 Å².